The third-order valence-corrected chi connectivity index (χ3v) is 15.2. The van der Waals surface area contributed by atoms with Crippen molar-refractivity contribution in [3.05, 3.63) is 78.9 Å². The van der Waals surface area contributed by atoms with Crippen LogP contribution in [0.15, 0.2) is 78.9 Å². The third-order valence-electron chi connectivity index (χ3n) is 6.49. The molecule has 1 aliphatic heterocycles. The Morgan fingerprint density at radius 2 is 1.31 bits per heavy atom. The van der Waals surface area contributed by atoms with E-state index in [1.807, 2.05) is 51.1 Å². The molecule has 3 aromatic carbocycles. The highest BCUT2D eigenvalue weighted by Crippen LogP contribution is 2.63. The molecule has 0 spiro atoms. The smallest absolute Gasteiger partial charge is 0.319 e. The SMILES string of the molecule is CC(C)(C)[Si](Oc1cccc2c1P(=O)(C(C)(C)C)CO2)(c1ccccc1)c1ccccc1. The van der Waals surface area contributed by atoms with Crippen molar-refractivity contribution in [2.75, 3.05) is 6.35 Å². The van der Waals surface area contributed by atoms with Crippen LogP contribution in [0.5, 0.6) is 11.5 Å². The fourth-order valence-corrected chi connectivity index (χ4v) is 11.6. The molecule has 0 fully saturated rings. The number of hydrogen-bond donors (Lipinski definition) is 0. The Kier molecular flexibility index (Phi) is 5.67. The van der Waals surface area contributed by atoms with Gasteiger partial charge >= 0.3 is 8.32 Å². The molecule has 1 unspecified atom stereocenters. The number of benzene rings is 3. The Balaban J connectivity index is 2.00. The van der Waals surface area contributed by atoms with Crippen LogP contribution in [0.25, 0.3) is 0 Å². The standard InChI is InChI=1S/C27H33O3PSi/c1-26(2,3)31(28)20-29-23-18-13-19-24(25(23)31)30-32(27(4,5)6,21-14-9-7-10-15-21)22-16-11-8-12-17-22/h7-19H,20H2,1-6H3. The quantitative estimate of drug-likeness (QED) is 0.364. The molecule has 3 aromatic rings. The van der Waals surface area contributed by atoms with Gasteiger partial charge in [0.25, 0.3) is 0 Å². The van der Waals surface area contributed by atoms with Crippen LogP contribution >= 0.6 is 7.14 Å². The van der Waals surface area contributed by atoms with Gasteiger partial charge in [-0.3, -0.25) is 0 Å². The van der Waals surface area contributed by atoms with Gasteiger partial charge in [0.05, 0.1) is 5.30 Å². The molecule has 0 aromatic heterocycles. The average molecular weight is 465 g/mol. The first-order chi connectivity index (χ1) is 15.0. The molecule has 0 bridgehead atoms. The third kappa shape index (κ3) is 3.54. The Bertz CT molecular complexity index is 1110. The maximum atomic E-state index is 14.3. The molecule has 1 atom stereocenters. The maximum Gasteiger partial charge on any atom is 0.319 e. The number of hydrogen-bond acceptors (Lipinski definition) is 3. The lowest BCUT2D eigenvalue weighted by Crippen LogP contribution is -2.69. The van der Waals surface area contributed by atoms with Crippen molar-refractivity contribution in [1.82, 2.24) is 0 Å². The summed E-state index contributed by atoms with van der Waals surface area (Å²) in [5, 5.41) is 2.56. The van der Waals surface area contributed by atoms with E-state index in [1.165, 1.54) is 10.4 Å². The second kappa shape index (κ2) is 7.93. The minimum atomic E-state index is -2.83. The Morgan fingerprint density at radius 1 is 0.781 bits per heavy atom. The van der Waals surface area contributed by atoms with Crippen LogP contribution in [0.3, 0.4) is 0 Å². The lowest BCUT2D eigenvalue weighted by molar-refractivity contribution is 0.389. The van der Waals surface area contributed by atoms with Crippen LogP contribution in [0.2, 0.25) is 5.04 Å². The van der Waals surface area contributed by atoms with Crippen molar-refractivity contribution in [3.8, 4) is 11.5 Å². The first-order valence-electron chi connectivity index (χ1n) is 11.2. The van der Waals surface area contributed by atoms with Crippen molar-refractivity contribution >= 4 is 31.1 Å². The average Bonchev–Trinajstić information content (AvgIpc) is 3.11. The molecule has 3 nitrogen and oxygen atoms in total. The van der Waals surface area contributed by atoms with Crippen molar-refractivity contribution in [3.63, 3.8) is 0 Å². The summed E-state index contributed by atoms with van der Waals surface area (Å²) in [6, 6.07) is 26.9. The molecule has 0 saturated heterocycles. The summed E-state index contributed by atoms with van der Waals surface area (Å²) in [7, 11) is -5.66. The van der Waals surface area contributed by atoms with Gasteiger partial charge in [-0.15, -0.1) is 0 Å². The zero-order chi connectivity index (χ0) is 23.2. The Labute approximate surface area is 193 Å². The number of rotatable bonds is 4. The fourth-order valence-electron chi connectivity index (χ4n) is 4.63. The molecule has 32 heavy (non-hydrogen) atoms. The highest BCUT2D eigenvalue weighted by Gasteiger charge is 2.54. The van der Waals surface area contributed by atoms with Crippen LogP contribution in [0.1, 0.15) is 41.5 Å². The maximum absolute atomic E-state index is 14.3. The lowest BCUT2D eigenvalue weighted by atomic mass is 10.2. The summed E-state index contributed by atoms with van der Waals surface area (Å²) < 4.78 is 27.5. The largest absolute Gasteiger partial charge is 0.533 e. The van der Waals surface area contributed by atoms with Gasteiger partial charge in [-0.2, -0.15) is 0 Å². The second-order valence-electron chi connectivity index (χ2n) is 10.6. The molecule has 1 heterocycles. The van der Waals surface area contributed by atoms with Gasteiger partial charge in [0.2, 0.25) is 0 Å². The highest BCUT2D eigenvalue weighted by molar-refractivity contribution is 7.73. The van der Waals surface area contributed by atoms with Crippen molar-refractivity contribution < 1.29 is 13.7 Å². The predicted octanol–water partition coefficient (Wildman–Crippen LogP) is 5.76. The molecule has 0 amide bonds. The topological polar surface area (TPSA) is 35.5 Å². The molecule has 5 heteroatoms. The van der Waals surface area contributed by atoms with Crippen LogP contribution in [-0.2, 0) is 4.57 Å². The van der Waals surface area contributed by atoms with Gasteiger partial charge in [0, 0.05) is 5.16 Å². The normalized spacial score (nSPS) is 18.7. The van der Waals surface area contributed by atoms with Gasteiger partial charge in [-0.1, -0.05) is 108 Å². The summed E-state index contributed by atoms with van der Waals surface area (Å²) in [5.74, 6) is 1.39. The first kappa shape index (κ1) is 22.9. The summed E-state index contributed by atoms with van der Waals surface area (Å²) in [6.45, 7) is 12.9. The van der Waals surface area contributed by atoms with E-state index in [-0.39, 0.29) is 11.4 Å². The summed E-state index contributed by atoms with van der Waals surface area (Å²) in [6.07, 6.45) is 0.229. The first-order valence-corrected chi connectivity index (χ1v) is 15.0. The second-order valence-corrected chi connectivity index (χ2v) is 18.3. The summed E-state index contributed by atoms with van der Waals surface area (Å²) >= 11 is 0. The molecular weight excluding hydrogens is 431 g/mol. The van der Waals surface area contributed by atoms with E-state index in [1.54, 1.807) is 0 Å². The van der Waals surface area contributed by atoms with Gasteiger partial charge in [0.15, 0.2) is 7.14 Å². The monoisotopic (exact) mass is 464 g/mol. The van der Waals surface area contributed by atoms with Crippen LogP contribution in [0, 0.1) is 0 Å². The molecule has 4 rings (SSSR count). The van der Waals surface area contributed by atoms with E-state index in [2.05, 4.69) is 69.3 Å². The zero-order valence-electron chi connectivity index (χ0n) is 19.9. The minimum absolute atomic E-state index is 0.177. The molecule has 0 radical (unpaired) electrons. The van der Waals surface area contributed by atoms with Crippen molar-refractivity contribution in [2.45, 2.75) is 51.7 Å². The number of fused-ring (bicyclic) bond motifs is 1. The van der Waals surface area contributed by atoms with E-state index in [9.17, 15) is 4.57 Å². The Morgan fingerprint density at radius 3 is 1.78 bits per heavy atom. The van der Waals surface area contributed by atoms with E-state index >= 15 is 0 Å². The summed E-state index contributed by atoms with van der Waals surface area (Å²) in [4.78, 5) is 0. The predicted molar refractivity (Wildman–Crippen MR) is 137 cm³/mol. The lowest BCUT2D eigenvalue weighted by Gasteiger charge is -2.43. The highest BCUT2D eigenvalue weighted by atomic mass is 31.2. The molecule has 168 valence electrons. The summed E-state index contributed by atoms with van der Waals surface area (Å²) in [5.41, 5.74) is 0. The van der Waals surface area contributed by atoms with Crippen LogP contribution in [-0.4, -0.2) is 19.8 Å². The van der Waals surface area contributed by atoms with E-state index < -0.39 is 20.6 Å². The molecule has 0 aliphatic carbocycles. The zero-order valence-corrected chi connectivity index (χ0v) is 21.8. The van der Waals surface area contributed by atoms with Crippen molar-refractivity contribution in [2.24, 2.45) is 0 Å². The Hall–Kier alpha value is -2.29. The number of ether oxygens (including phenoxy) is 1. The van der Waals surface area contributed by atoms with Crippen LogP contribution < -0.4 is 24.8 Å². The van der Waals surface area contributed by atoms with Gasteiger partial charge in [0.1, 0.15) is 17.8 Å². The molecule has 1 aliphatic rings. The van der Waals surface area contributed by atoms with Gasteiger partial charge in [-0.05, 0) is 27.5 Å². The molecule has 0 N–H and O–H groups in total. The minimum Gasteiger partial charge on any atom is -0.533 e. The molecule has 0 saturated carbocycles. The van der Waals surface area contributed by atoms with Gasteiger partial charge in [-0.25, -0.2) is 0 Å². The van der Waals surface area contributed by atoms with E-state index in [0.29, 0.717) is 11.5 Å². The fraction of sp³-hybridized carbons (Fsp3) is 0.333. The van der Waals surface area contributed by atoms with E-state index in [0.717, 1.165) is 5.30 Å². The van der Waals surface area contributed by atoms with Gasteiger partial charge < -0.3 is 13.7 Å². The molecular formula is C27H33O3PSi. The van der Waals surface area contributed by atoms with Crippen LogP contribution in [0.4, 0.5) is 0 Å². The van der Waals surface area contributed by atoms with E-state index in [4.69, 9.17) is 9.16 Å². The van der Waals surface area contributed by atoms with Crippen molar-refractivity contribution in [1.29, 1.82) is 0 Å².